The quantitative estimate of drug-likeness (QED) is 0.806. The fraction of sp³-hybridized carbons (Fsp3) is 0.818. The molecule has 4 heteroatoms. The van der Waals surface area contributed by atoms with Gasteiger partial charge in [-0.05, 0) is 12.8 Å². The van der Waals surface area contributed by atoms with E-state index in [4.69, 9.17) is 5.73 Å². The Hall–Kier alpha value is -0.900. The van der Waals surface area contributed by atoms with Gasteiger partial charge in [0.05, 0.1) is 6.54 Å². The van der Waals surface area contributed by atoms with Gasteiger partial charge in [-0.1, -0.05) is 27.7 Å². The van der Waals surface area contributed by atoms with Gasteiger partial charge in [-0.15, -0.1) is 10.2 Å². The first-order valence-electron chi connectivity index (χ1n) is 5.69. The van der Waals surface area contributed by atoms with Crippen LogP contribution >= 0.6 is 0 Å². The minimum absolute atomic E-state index is 0.0790. The number of aromatic nitrogens is 3. The maximum Gasteiger partial charge on any atom is 0.146 e. The van der Waals surface area contributed by atoms with E-state index in [-0.39, 0.29) is 5.41 Å². The lowest BCUT2D eigenvalue weighted by atomic mass is 9.89. The molecule has 0 aliphatic carbocycles. The topological polar surface area (TPSA) is 56.7 Å². The molecular formula is C11H22N4. The Morgan fingerprint density at radius 1 is 1.27 bits per heavy atom. The zero-order valence-electron chi connectivity index (χ0n) is 10.2. The van der Waals surface area contributed by atoms with Crippen LogP contribution in [0.15, 0.2) is 0 Å². The molecule has 15 heavy (non-hydrogen) atoms. The second kappa shape index (κ2) is 4.75. The number of rotatable bonds is 5. The predicted octanol–water partition coefficient (Wildman–Crippen LogP) is 1.83. The van der Waals surface area contributed by atoms with Crippen LogP contribution in [0.4, 0.5) is 0 Å². The highest BCUT2D eigenvalue weighted by Gasteiger charge is 2.25. The minimum atomic E-state index is 0.0790. The van der Waals surface area contributed by atoms with Crippen molar-refractivity contribution in [2.75, 3.05) is 0 Å². The average Bonchev–Trinajstić information content (AvgIpc) is 2.62. The number of nitrogens with zero attached hydrogens (tertiary/aromatic N) is 3. The van der Waals surface area contributed by atoms with Crippen molar-refractivity contribution < 1.29 is 0 Å². The van der Waals surface area contributed by atoms with Gasteiger partial charge >= 0.3 is 0 Å². The van der Waals surface area contributed by atoms with Gasteiger partial charge in [0, 0.05) is 12.0 Å². The lowest BCUT2D eigenvalue weighted by Gasteiger charge is -2.22. The third-order valence-corrected chi connectivity index (χ3v) is 2.95. The molecular weight excluding hydrogens is 188 g/mol. The van der Waals surface area contributed by atoms with E-state index in [1.165, 1.54) is 0 Å². The molecule has 0 bridgehead atoms. The molecule has 0 aliphatic rings. The van der Waals surface area contributed by atoms with Crippen LogP contribution in [0.1, 0.15) is 52.2 Å². The van der Waals surface area contributed by atoms with E-state index in [9.17, 15) is 0 Å². The normalized spacial score (nSPS) is 12.1. The van der Waals surface area contributed by atoms with E-state index in [1.54, 1.807) is 0 Å². The summed E-state index contributed by atoms with van der Waals surface area (Å²) in [6, 6.07) is 0. The van der Waals surface area contributed by atoms with Crippen LogP contribution in [-0.2, 0) is 18.5 Å². The molecule has 0 saturated carbocycles. The van der Waals surface area contributed by atoms with Gasteiger partial charge in [-0.25, -0.2) is 0 Å². The number of nitrogens with two attached hydrogens (primary N) is 1. The Bertz CT molecular complexity index is 314. The summed E-state index contributed by atoms with van der Waals surface area (Å²) in [5.41, 5.74) is 5.73. The molecule has 86 valence electrons. The maximum atomic E-state index is 5.66. The molecule has 1 heterocycles. The minimum Gasteiger partial charge on any atom is -0.324 e. The first-order valence-corrected chi connectivity index (χ1v) is 5.69. The van der Waals surface area contributed by atoms with Crippen molar-refractivity contribution in [3.05, 3.63) is 11.6 Å². The zero-order chi connectivity index (χ0) is 11.5. The molecule has 0 aliphatic heterocycles. The van der Waals surface area contributed by atoms with Crippen LogP contribution in [0, 0.1) is 0 Å². The van der Waals surface area contributed by atoms with Crippen molar-refractivity contribution in [1.82, 2.24) is 14.8 Å². The highest BCUT2D eigenvalue weighted by molar-refractivity contribution is 5.07. The number of hydrogen-bond donors (Lipinski definition) is 1. The van der Waals surface area contributed by atoms with Gasteiger partial charge < -0.3 is 10.3 Å². The van der Waals surface area contributed by atoms with Gasteiger partial charge in [0.1, 0.15) is 11.6 Å². The summed E-state index contributed by atoms with van der Waals surface area (Å²) in [6.45, 7) is 10.1. The lowest BCUT2D eigenvalue weighted by molar-refractivity contribution is 0.436. The second-order valence-corrected chi connectivity index (χ2v) is 4.53. The molecule has 0 atom stereocenters. The van der Waals surface area contributed by atoms with Gasteiger partial charge in [0.25, 0.3) is 0 Å². The SMILES string of the molecule is CCCn1c(CN)nnc1C(C)(C)CC. The van der Waals surface area contributed by atoms with E-state index in [0.717, 1.165) is 31.0 Å². The molecule has 4 nitrogen and oxygen atoms in total. The van der Waals surface area contributed by atoms with Gasteiger partial charge in [-0.3, -0.25) is 0 Å². The van der Waals surface area contributed by atoms with Crippen molar-refractivity contribution >= 4 is 0 Å². The average molecular weight is 210 g/mol. The summed E-state index contributed by atoms with van der Waals surface area (Å²) < 4.78 is 2.17. The summed E-state index contributed by atoms with van der Waals surface area (Å²) in [5, 5.41) is 8.44. The van der Waals surface area contributed by atoms with Crippen molar-refractivity contribution in [1.29, 1.82) is 0 Å². The van der Waals surface area contributed by atoms with Crippen molar-refractivity contribution in [3.8, 4) is 0 Å². The fourth-order valence-electron chi connectivity index (χ4n) is 1.60. The Labute approximate surface area is 91.9 Å². The van der Waals surface area contributed by atoms with Gasteiger partial charge in [0.15, 0.2) is 0 Å². The predicted molar refractivity (Wildman–Crippen MR) is 61.5 cm³/mol. The van der Waals surface area contributed by atoms with E-state index < -0.39 is 0 Å². The van der Waals surface area contributed by atoms with Crippen molar-refractivity contribution in [2.45, 2.75) is 59.0 Å². The fourth-order valence-corrected chi connectivity index (χ4v) is 1.60. The highest BCUT2D eigenvalue weighted by atomic mass is 15.3. The Kier molecular flexibility index (Phi) is 3.85. The second-order valence-electron chi connectivity index (χ2n) is 4.53. The number of hydrogen-bond acceptors (Lipinski definition) is 3. The Balaban J connectivity index is 3.12. The molecule has 0 amide bonds. The zero-order valence-corrected chi connectivity index (χ0v) is 10.2. The van der Waals surface area contributed by atoms with Crippen LogP contribution in [0.2, 0.25) is 0 Å². The summed E-state index contributed by atoms with van der Waals surface area (Å²) >= 11 is 0. The van der Waals surface area contributed by atoms with E-state index in [1.807, 2.05) is 0 Å². The van der Waals surface area contributed by atoms with E-state index in [0.29, 0.717) is 6.54 Å². The molecule has 0 unspecified atom stereocenters. The van der Waals surface area contributed by atoms with Gasteiger partial charge in [-0.2, -0.15) is 0 Å². The van der Waals surface area contributed by atoms with E-state index in [2.05, 4.69) is 42.5 Å². The Morgan fingerprint density at radius 3 is 2.40 bits per heavy atom. The van der Waals surface area contributed by atoms with Crippen molar-refractivity contribution in [2.24, 2.45) is 5.73 Å². The lowest BCUT2D eigenvalue weighted by Crippen LogP contribution is -2.23. The summed E-state index contributed by atoms with van der Waals surface area (Å²) in [7, 11) is 0. The first-order chi connectivity index (χ1) is 7.06. The molecule has 0 spiro atoms. The Morgan fingerprint density at radius 2 is 1.93 bits per heavy atom. The molecule has 0 saturated heterocycles. The standard InChI is InChI=1S/C11H22N4/c1-5-7-15-9(8-12)13-14-10(15)11(3,4)6-2/h5-8,12H2,1-4H3. The van der Waals surface area contributed by atoms with E-state index >= 15 is 0 Å². The van der Waals surface area contributed by atoms with Crippen LogP contribution < -0.4 is 5.73 Å². The molecule has 1 aromatic heterocycles. The summed E-state index contributed by atoms with van der Waals surface area (Å²) in [5.74, 6) is 1.96. The highest BCUT2D eigenvalue weighted by Crippen LogP contribution is 2.25. The van der Waals surface area contributed by atoms with Crippen LogP contribution in [0.5, 0.6) is 0 Å². The van der Waals surface area contributed by atoms with Crippen LogP contribution in [0.3, 0.4) is 0 Å². The molecule has 0 aromatic carbocycles. The molecule has 0 radical (unpaired) electrons. The van der Waals surface area contributed by atoms with Crippen LogP contribution in [-0.4, -0.2) is 14.8 Å². The van der Waals surface area contributed by atoms with Crippen molar-refractivity contribution in [3.63, 3.8) is 0 Å². The van der Waals surface area contributed by atoms with Gasteiger partial charge in [0.2, 0.25) is 0 Å². The molecule has 1 rings (SSSR count). The smallest absolute Gasteiger partial charge is 0.146 e. The molecule has 2 N–H and O–H groups in total. The van der Waals surface area contributed by atoms with Crippen LogP contribution in [0.25, 0.3) is 0 Å². The monoisotopic (exact) mass is 210 g/mol. The third-order valence-electron chi connectivity index (χ3n) is 2.95. The largest absolute Gasteiger partial charge is 0.324 e. The molecule has 0 fully saturated rings. The summed E-state index contributed by atoms with van der Waals surface area (Å²) in [4.78, 5) is 0. The summed E-state index contributed by atoms with van der Waals surface area (Å²) in [6.07, 6.45) is 2.14. The first kappa shape index (κ1) is 12.2. The third kappa shape index (κ3) is 2.37. The maximum absolute atomic E-state index is 5.66. The molecule has 1 aromatic rings.